The third-order valence-corrected chi connectivity index (χ3v) is 5.10. The minimum Gasteiger partial charge on any atom is -0.497 e. The van der Waals surface area contributed by atoms with Gasteiger partial charge in [-0.15, -0.1) is 0 Å². The molecule has 0 radical (unpaired) electrons. The fourth-order valence-electron chi connectivity index (χ4n) is 3.58. The highest BCUT2D eigenvalue weighted by molar-refractivity contribution is 5.86. The van der Waals surface area contributed by atoms with Crippen LogP contribution >= 0.6 is 0 Å². The van der Waals surface area contributed by atoms with E-state index >= 15 is 0 Å². The lowest BCUT2D eigenvalue weighted by atomic mass is 9.88. The fourth-order valence-corrected chi connectivity index (χ4v) is 3.58. The van der Waals surface area contributed by atoms with Crippen molar-refractivity contribution in [1.29, 1.82) is 0 Å². The third-order valence-electron chi connectivity index (χ3n) is 5.10. The molecule has 2 heterocycles. The van der Waals surface area contributed by atoms with Crippen molar-refractivity contribution >= 4 is 16.8 Å². The van der Waals surface area contributed by atoms with Crippen molar-refractivity contribution in [3.8, 4) is 5.75 Å². The molecule has 1 amide bonds. The van der Waals surface area contributed by atoms with Crippen LogP contribution in [0.15, 0.2) is 79.1 Å². The number of aromatic amines is 1. The summed E-state index contributed by atoms with van der Waals surface area (Å²) in [5.74, 6) is 0.716. The first kappa shape index (κ1) is 18.7. The number of H-pyrrole nitrogens is 1. The number of nitrogens with zero attached hydrogens (tertiary/aromatic N) is 1. The quantitative estimate of drug-likeness (QED) is 0.495. The molecular formula is C24H23N3O2. The van der Waals surface area contributed by atoms with Crippen LogP contribution in [-0.4, -0.2) is 23.0 Å². The van der Waals surface area contributed by atoms with Gasteiger partial charge in [0, 0.05) is 35.6 Å². The lowest BCUT2D eigenvalue weighted by molar-refractivity contribution is -0.121. The van der Waals surface area contributed by atoms with Crippen molar-refractivity contribution in [2.24, 2.45) is 0 Å². The second-order valence-corrected chi connectivity index (χ2v) is 6.92. The first-order valence-corrected chi connectivity index (χ1v) is 9.61. The van der Waals surface area contributed by atoms with Crippen LogP contribution in [0.1, 0.15) is 29.2 Å². The molecule has 0 aliphatic heterocycles. The standard InChI is InChI=1S/C24H23N3O2/c1-29-19-11-9-17(10-12-19)21(22-16-26-23-8-3-2-7-20(22)23)14-24(28)27-15-18-6-4-5-13-25-18/h2-13,16,21,26H,14-15H2,1H3,(H,27,28). The number of para-hydroxylation sites is 1. The number of amides is 1. The van der Waals surface area contributed by atoms with E-state index in [1.165, 1.54) is 0 Å². The van der Waals surface area contributed by atoms with Gasteiger partial charge in [0.05, 0.1) is 19.3 Å². The van der Waals surface area contributed by atoms with E-state index in [0.717, 1.165) is 33.5 Å². The number of fused-ring (bicyclic) bond motifs is 1. The first-order valence-electron chi connectivity index (χ1n) is 9.61. The highest BCUT2D eigenvalue weighted by Crippen LogP contribution is 2.34. The zero-order chi connectivity index (χ0) is 20.1. The van der Waals surface area contributed by atoms with E-state index in [9.17, 15) is 4.79 Å². The minimum atomic E-state index is -0.0687. The van der Waals surface area contributed by atoms with Gasteiger partial charge in [-0.25, -0.2) is 0 Å². The molecule has 0 aliphatic rings. The molecule has 5 heteroatoms. The second kappa shape index (κ2) is 8.61. The molecule has 2 aromatic heterocycles. The Bertz CT molecular complexity index is 1090. The first-order chi connectivity index (χ1) is 14.2. The highest BCUT2D eigenvalue weighted by Gasteiger charge is 2.21. The highest BCUT2D eigenvalue weighted by atomic mass is 16.5. The largest absolute Gasteiger partial charge is 0.497 e. The molecular weight excluding hydrogens is 362 g/mol. The van der Waals surface area contributed by atoms with E-state index in [0.29, 0.717) is 13.0 Å². The normalized spacial score (nSPS) is 11.9. The van der Waals surface area contributed by atoms with E-state index in [1.54, 1.807) is 13.3 Å². The molecule has 2 aromatic carbocycles. The maximum Gasteiger partial charge on any atom is 0.221 e. The molecule has 0 spiro atoms. The number of rotatable bonds is 7. The van der Waals surface area contributed by atoms with E-state index in [2.05, 4.69) is 21.4 Å². The van der Waals surface area contributed by atoms with Crippen molar-refractivity contribution in [2.75, 3.05) is 7.11 Å². The Balaban J connectivity index is 1.60. The minimum absolute atomic E-state index is 0.0123. The Morgan fingerprint density at radius 3 is 2.62 bits per heavy atom. The molecule has 0 aliphatic carbocycles. The van der Waals surface area contributed by atoms with Crippen molar-refractivity contribution in [3.05, 3.63) is 95.9 Å². The van der Waals surface area contributed by atoms with Crippen LogP contribution in [0.2, 0.25) is 0 Å². The van der Waals surface area contributed by atoms with Gasteiger partial charge in [0.1, 0.15) is 5.75 Å². The number of pyridine rings is 1. The smallest absolute Gasteiger partial charge is 0.221 e. The molecule has 1 atom stereocenters. The van der Waals surface area contributed by atoms with Crippen molar-refractivity contribution < 1.29 is 9.53 Å². The fraction of sp³-hybridized carbons (Fsp3) is 0.167. The van der Waals surface area contributed by atoms with Gasteiger partial charge in [0.2, 0.25) is 5.91 Å². The van der Waals surface area contributed by atoms with E-state index in [1.807, 2.05) is 66.9 Å². The number of nitrogens with one attached hydrogen (secondary N) is 2. The van der Waals surface area contributed by atoms with Crippen molar-refractivity contribution in [3.63, 3.8) is 0 Å². The lowest BCUT2D eigenvalue weighted by Crippen LogP contribution is -2.25. The molecule has 0 saturated heterocycles. The number of carbonyl (C=O) groups is 1. The van der Waals surface area contributed by atoms with Gasteiger partial charge >= 0.3 is 0 Å². The zero-order valence-corrected chi connectivity index (χ0v) is 16.3. The number of hydrogen-bond donors (Lipinski definition) is 2. The summed E-state index contributed by atoms with van der Waals surface area (Å²) in [6.07, 6.45) is 4.08. The molecule has 2 N–H and O–H groups in total. The average Bonchev–Trinajstić information content (AvgIpc) is 3.21. The summed E-state index contributed by atoms with van der Waals surface area (Å²) >= 11 is 0. The summed E-state index contributed by atoms with van der Waals surface area (Å²) in [6, 6.07) is 21.8. The monoisotopic (exact) mass is 385 g/mol. The Labute approximate surface area is 169 Å². The van der Waals surface area contributed by atoms with Crippen LogP contribution in [0.5, 0.6) is 5.75 Å². The molecule has 4 rings (SSSR count). The second-order valence-electron chi connectivity index (χ2n) is 6.92. The predicted octanol–water partition coefficient (Wildman–Crippen LogP) is 4.41. The van der Waals surface area contributed by atoms with E-state index in [-0.39, 0.29) is 11.8 Å². The van der Waals surface area contributed by atoms with Crippen LogP contribution < -0.4 is 10.1 Å². The summed E-state index contributed by atoms with van der Waals surface area (Å²) in [4.78, 5) is 20.4. The van der Waals surface area contributed by atoms with Gasteiger partial charge in [0.25, 0.3) is 0 Å². The van der Waals surface area contributed by atoms with Crippen molar-refractivity contribution in [2.45, 2.75) is 18.9 Å². The Hall–Kier alpha value is -3.60. The van der Waals surface area contributed by atoms with E-state index in [4.69, 9.17) is 4.74 Å². The van der Waals surface area contributed by atoms with Crippen LogP contribution in [0.4, 0.5) is 0 Å². The topological polar surface area (TPSA) is 67.0 Å². The summed E-state index contributed by atoms with van der Waals surface area (Å²) < 4.78 is 5.29. The SMILES string of the molecule is COc1ccc(C(CC(=O)NCc2ccccn2)c2c[nH]c3ccccc23)cc1. The molecule has 0 fully saturated rings. The Morgan fingerprint density at radius 2 is 1.86 bits per heavy atom. The number of methoxy groups -OCH3 is 1. The number of aromatic nitrogens is 2. The van der Waals surface area contributed by atoms with Crippen LogP contribution in [0.25, 0.3) is 10.9 Å². The summed E-state index contributed by atoms with van der Waals surface area (Å²) in [7, 11) is 1.65. The third kappa shape index (κ3) is 4.29. The number of carbonyl (C=O) groups excluding carboxylic acids is 1. The van der Waals surface area contributed by atoms with Gasteiger partial charge in [-0.1, -0.05) is 36.4 Å². The molecule has 29 heavy (non-hydrogen) atoms. The van der Waals surface area contributed by atoms with Crippen LogP contribution in [0.3, 0.4) is 0 Å². The predicted molar refractivity (Wildman–Crippen MR) is 114 cm³/mol. The Morgan fingerprint density at radius 1 is 1.07 bits per heavy atom. The molecule has 1 unspecified atom stereocenters. The maximum absolute atomic E-state index is 12.8. The van der Waals surface area contributed by atoms with Crippen molar-refractivity contribution in [1.82, 2.24) is 15.3 Å². The summed E-state index contributed by atoms with van der Waals surface area (Å²) in [5, 5.41) is 4.13. The summed E-state index contributed by atoms with van der Waals surface area (Å²) in [5.41, 5.74) is 4.09. The van der Waals surface area contributed by atoms with Gasteiger partial charge < -0.3 is 15.0 Å². The average molecular weight is 385 g/mol. The van der Waals surface area contributed by atoms with Crippen LogP contribution in [0, 0.1) is 0 Å². The summed E-state index contributed by atoms with van der Waals surface area (Å²) in [6.45, 7) is 0.420. The number of ether oxygens (including phenoxy) is 1. The van der Waals surface area contributed by atoms with Gasteiger partial charge in [-0.3, -0.25) is 9.78 Å². The number of benzene rings is 2. The molecule has 5 nitrogen and oxygen atoms in total. The molecule has 4 aromatic rings. The molecule has 146 valence electrons. The molecule has 0 bridgehead atoms. The van der Waals surface area contributed by atoms with Crippen LogP contribution in [-0.2, 0) is 11.3 Å². The van der Waals surface area contributed by atoms with E-state index < -0.39 is 0 Å². The van der Waals surface area contributed by atoms with Gasteiger partial charge in [0.15, 0.2) is 0 Å². The lowest BCUT2D eigenvalue weighted by Gasteiger charge is -2.17. The van der Waals surface area contributed by atoms with Gasteiger partial charge in [-0.05, 0) is 41.5 Å². The zero-order valence-electron chi connectivity index (χ0n) is 16.3. The maximum atomic E-state index is 12.8. The number of hydrogen-bond acceptors (Lipinski definition) is 3. The molecule has 0 saturated carbocycles. The Kier molecular flexibility index (Phi) is 5.56. The van der Waals surface area contributed by atoms with Gasteiger partial charge in [-0.2, -0.15) is 0 Å².